The van der Waals surface area contributed by atoms with Crippen molar-refractivity contribution in [1.29, 1.82) is 0 Å². The highest BCUT2D eigenvalue weighted by Crippen LogP contribution is 2.27. The maximum Gasteiger partial charge on any atom is 0.348 e. The third kappa shape index (κ3) is 4.39. The molecular weight excluding hydrogens is 408 g/mol. The van der Waals surface area contributed by atoms with Crippen LogP contribution in [0.1, 0.15) is 35.9 Å². The van der Waals surface area contributed by atoms with Gasteiger partial charge in [0.1, 0.15) is 17.3 Å². The first-order chi connectivity index (χ1) is 15.6. The first-order valence-corrected chi connectivity index (χ1v) is 10.9. The van der Waals surface area contributed by atoms with Crippen LogP contribution >= 0.6 is 0 Å². The fraction of sp³-hybridized carbons (Fsp3) is 0.375. The third-order valence-corrected chi connectivity index (χ3v) is 5.76. The molecule has 1 saturated heterocycles. The number of likely N-dealkylation sites (tertiary alicyclic amines) is 1. The van der Waals surface area contributed by atoms with Crippen LogP contribution in [0.25, 0.3) is 5.69 Å². The number of piperidine rings is 1. The van der Waals surface area contributed by atoms with Crippen LogP contribution in [0.3, 0.4) is 0 Å². The molecule has 1 N–H and O–H groups in total. The van der Waals surface area contributed by atoms with E-state index in [0.717, 1.165) is 12.8 Å². The van der Waals surface area contributed by atoms with E-state index in [2.05, 4.69) is 10.2 Å². The number of nitrogens with zero attached hydrogens (tertiary/aromatic N) is 3. The van der Waals surface area contributed by atoms with Crippen molar-refractivity contribution in [2.45, 2.75) is 26.2 Å². The number of carbonyl (C=O) groups excluding carboxylic acids is 1. The predicted octanol–water partition coefficient (Wildman–Crippen LogP) is 3.06. The molecule has 3 aromatic rings. The van der Waals surface area contributed by atoms with E-state index in [0.29, 0.717) is 54.7 Å². The van der Waals surface area contributed by atoms with Gasteiger partial charge in [0.25, 0.3) is 5.91 Å². The Balaban J connectivity index is 1.54. The number of aromatic amines is 1. The van der Waals surface area contributed by atoms with E-state index in [4.69, 9.17) is 9.47 Å². The van der Waals surface area contributed by atoms with Crippen molar-refractivity contribution in [2.24, 2.45) is 5.92 Å². The van der Waals surface area contributed by atoms with Crippen LogP contribution < -0.4 is 15.2 Å². The van der Waals surface area contributed by atoms with E-state index in [-0.39, 0.29) is 17.5 Å². The Labute approximate surface area is 186 Å². The molecule has 1 amide bonds. The minimum atomic E-state index is -0.307. The summed E-state index contributed by atoms with van der Waals surface area (Å²) in [5, 5.41) is 6.84. The van der Waals surface area contributed by atoms with E-state index in [9.17, 15) is 9.59 Å². The van der Waals surface area contributed by atoms with Gasteiger partial charge < -0.3 is 14.4 Å². The number of nitrogens with one attached hydrogen (secondary N) is 1. The summed E-state index contributed by atoms with van der Waals surface area (Å²) in [7, 11) is 1.58. The second kappa shape index (κ2) is 9.72. The summed E-state index contributed by atoms with van der Waals surface area (Å²) in [6, 6.07) is 14.7. The molecule has 1 aromatic heterocycles. The highest BCUT2D eigenvalue weighted by Gasteiger charge is 2.28. The zero-order valence-corrected chi connectivity index (χ0v) is 18.4. The smallest absolute Gasteiger partial charge is 0.348 e. The number of benzene rings is 2. The zero-order valence-electron chi connectivity index (χ0n) is 18.4. The van der Waals surface area contributed by atoms with E-state index < -0.39 is 0 Å². The molecule has 1 unspecified atom stereocenters. The van der Waals surface area contributed by atoms with E-state index in [1.54, 1.807) is 11.7 Å². The summed E-state index contributed by atoms with van der Waals surface area (Å²) in [5.41, 5.74) is 0.928. The van der Waals surface area contributed by atoms with Gasteiger partial charge in [-0.2, -0.15) is 5.10 Å². The fourth-order valence-electron chi connectivity index (χ4n) is 4.30. The Morgan fingerprint density at radius 2 is 1.91 bits per heavy atom. The summed E-state index contributed by atoms with van der Waals surface area (Å²) >= 11 is 0. The van der Waals surface area contributed by atoms with Gasteiger partial charge in [-0.25, -0.2) is 14.5 Å². The average Bonchev–Trinajstić information content (AvgIpc) is 3.18. The Morgan fingerprint density at radius 3 is 2.69 bits per heavy atom. The number of rotatable bonds is 7. The summed E-state index contributed by atoms with van der Waals surface area (Å²) in [4.78, 5) is 27.6. The topological polar surface area (TPSA) is 89.5 Å². The molecule has 8 nitrogen and oxygen atoms in total. The summed E-state index contributed by atoms with van der Waals surface area (Å²) in [6.45, 7) is 3.72. The molecule has 168 valence electrons. The molecule has 1 atom stereocenters. The molecule has 1 aliphatic heterocycles. The molecule has 0 spiro atoms. The maximum atomic E-state index is 13.2. The Morgan fingerprint density at radius 1 is 1.16 bits per heavy atom. The van der Waals surface area contributed by atoms with Gasteiger partial charge in [0.15, 0.2) is 0 Å². The lowest BCUT2D eigenvalue weighted by molar-refractivity contribution is 0.0668. The minimum Gasteiger partial charge on any atom is -0.495 e. The van der Waals surface area contributed by atoms with Gasteiger partial charge >= 0.3 is 5.69 Å². The number of H-pyrrole nitrogens is 1. The van der Waals surface area contributed by atoms with Gasteiger partial charge in [-0.3, -0.25) is 4.79 Å². The highest BCUT2D eigenvalue weighted by atomic mass is 16.5. The molecular formula is C24H28N4O4. The monoisotopic (exact) mass is 436 g/mol. The second-order valence-electron chi connectivity index (χ2n) is 7.84. The van der Waals surface area contributed by atoms with Gasteiger partial charge in [-0.15, -0.1) is 0 Å². The molecule has 2 aromatic carbocycles. The minimum absolute atomic E-state index is 0.0251. The van der Waals surface area contributed by atoms with Crippen molar-refractivity contribution in [3.63, 3.8) is 0 Å². The lowest BCUT2D eigenvalue weighted by Gasteiger charge is -2.33. The third-order valence-electron chi connectivity index (χ3n) is 5.76. The first-order valence-electron chi connectivity index (χ1n) is 10.9. The molecule has 4 rings (SSSR count). The largest absolute Gasteiger partial charge is 0.495 e. The van der Waals surface area contributed by atoms with Crippen molar-refractivity contribution in [2.75, 3.05) is 26.8 Å². The van der Waals surface area contributed by atoms with Gasteiger partial charge in [-0.1, -0.05) is 24.3 Å². The Bertz CT molecular complexity index is 1140. The van der Waals surface area contributed by atoms with Crippen LogP contribution in [0.5, 0.6) is 11.5 Å². The Hall–Kier alpha value is -3.55. The van der Waals surface area contributed by atoms with Crippen LogP contribution in [0.4, 0.5) is 0 Å². The fourth-order valence-corrected chi connectivity index (χ4v) is 4.30. The van der Waals surface area contributed by atoms with Gasteiger partial charge in [0, 0.05) is 19.5 Å². The Kier molecular flexibility index (Phi) is 6.58. The number of amides is 1. The predicted molar refractivity (Wildman–Crippen MR) is 121 cm³/mol. The maximum absolute atomic E-state index is 13.2. The molecule has 32 heavy (non-hydrogen) atoms. The molecule has 1 fully saturated rings. The van der Waals surface area contributed by atoms with E-state index in [1.165, 1.54) is 0 Å². The average molecular weight is 437 g/mol. The standard InChI is InChI=1S/C24H28N4O4/c1-3-32-20-12-6-4-10-18(20)23(29)27-14-8-9-17(16-27)15-22-25-26-24(30)28(22)19-11-5-7-13-21(19)31-2/h4-7,10-13,17H,3,8-9,14-16H2,1-2H3,(H,26,30). The van der Waals surface area contributed by atoms with Crippen molar-refractivity contribution in [3.05, 3.63) is 70.4 Å². The number of hydrogen-bond acceptors (Lipinski definition) is 5. The number of aromatic nitrogens is 3. The summed E-state index contributed by atoms with van der Waals surface area (Å²) in [6.07, 6.45) is 2.44. The van der Waals surface area contributed by atoms with Crippen LogP contribution in [0, 0.1) is 5.92 Å². The normalized spacial score (nSPS) is 16.1. The van der Waals surface area contributed by atoms with Crippen molar-refractivity contribution >= 4 is 5.91 Å². The molecule has 0 aliphatic carbocycles. The lowest BCUT2D eigenvalue weighted by Crippen LogP contribution is -2.41. The molecule has 0 radical (unpaired) electrons. The molecule has 1 aliphatic rings. The van der Waals surface area contributed by atoms with Gasteiger partial charge in [0.05, 0.1) is 25.0 Å². The quantitative estimate of drug-likeness (QED) is 0.615. The number of ether oxygens (including phenoxy) is 2. The number of methoxy groups -OCH3 is 1. The molecule has 2 heterocycles. The van der Waals surface area contributed by atoms with Crippen molar-refractivity contribution < 1.29 is 14.3 Å². The molecule has 0 saturated carbocycles. The number of para-hydroxylation sites is 3. The van der Waals surface area contributed by atoms with Crippen LogP contribution in [-0.2, 0) is 6.42 Å². The van der Waals surface area contributed by atoms with Crippen LogP contribution in [0.2, 0.25) is 0 Å². The highest BCUT2D eigenvalue weighted by molar-refractivity contribution is 5.97. The van der Waals surface area contributed by atoms with Gasteiger partial charge in [0.2, 0.25) is 0 Å². The number of carbonyl (C=O) groups is 1. The van der Waals surface area contributed by atoms with Gasteiger partial charge in [-0.05, 0) is 49.9 Å². The van der Waals surface area contributed by atoms with Crippen molar-refractivity contribution in [1.82, 2.24) is 19.7 Å². The van der Waals surface area contributed by atoms with Crippen molar-refractivity contribution in [3.8, 4) is 17.2 Å². The van der Waals surface area contributed by atoms with E-state index >= 15 is 0 Å². The molecule has 0 bridgehead atoms. The second-order valence-corrected chi connectivity index (χ2v) is 7.84. The molecule has 8 heteroatoms. The first kappa shape index (κ1) is 21.7. The zero-order chi connectivity index (χ0) is 22.5. The summed E-state index contributed by atoms with van der Waals surface area (Å²) < 4.78 is 12.6. The van der Waals surface area contributed by atoms with Crippen LogP contribution in [-0.4, -0.2) is 52.4 Å². The lowest BCUT2D eigenvalue weighted by atomic mass is 9.93. The summed E-state index contributed by atoms with van der Waals surface area (Å²) in [5.74, 6) is 2.01. The van der Waals surface area contributed by atoms with E-state index in [1.807, 2.05) is 60.4 Å². The SMILES string of the molecule is CCOc1ccccc1C(=O)N1CCCC(Cc2n[nH]c(=O)n2-c2ccccc2OC)C1. The number of hydrogen-bond donors (Lipinski definition) is 1. The van der Waals surface area contributed by atoms with Crippen LogP contribution in [0.15, 0.2) is 53.3 Å².